The first-order chi connectivity index (χ1) is 17.9. The summed E-state index contributed by atoms with van der Waals surface area (Å²) in [6.07, 6.45) is 15.1. The van der Waals surface area contributed by atoms with Gasteiger partial charge >= 0.3 is 12.1 Å². The third-order valence-corrected chi connectivity index (χ3v) is 7.24. The Hall–Kier alpha value is -2.05. The molecule has 210 valence electrons. The van der Waals surface area contributed by atoms with Gasteiger partial charge in [0.15, 0.2) is 0 Å². The molecule has 0 spiro atoms. The van der Waals surface area contributed by atoms with Gasteiger partial charge < -0.3 is 9.64 Å². The molecule has 0 aromatic heterocycles. The predicted octanol–water partition coefficient (Wildman–Crippen LogP) is 8.72. The van der Waals surface area contributed by atoms with E-state index in [1.54, 1.807) is 0 Å². The van der Waals surface area contributed by atoms with Crippen LogP contribution in [0.5, 0.6) is 0 Å². The molecule has 7 heteroatoms. The molecule has 0 bridgehead atoms. The summed E-state index contributed by atoms with van der Waals surface area (Å²) in [6, 6.07) is 3.91. The Morgan fingerprint density at radius 3 is 1.89 bits per heavy atom. The van der Waals surface area contributed by atoms with Gasteiger partial charge in [0, 0.05) is 6.54 Å². The van der Waals surface area contributed by atoms with E-state index in [0.29, 0.717) is 12.8 Å². The van der Waals surface area contributed by atoms with Crippen LogP contribution in [0.15, 0.2) is 24.3 Å². The molecule has 0 aliphatic carbocycles. The molecule has 4 nitrogen and oxygen atoms in total. The summed E-state index contributed by atoms with van der Waals surface area (Å²) >= 11 is 0. The lowest BCUT2D eigenvalue weighted by molar-refractivity contribution is -0.148. The van der Waals surface area contributed by atoms with Crippen LogP contribution in [-0.2, 0) is 15.7 Å². The average Bonchev–Trinajstić information content (AvgIpc) is 3.37. The van der Waals surface area contributed by atoms with Crippen molar-refractivity contribution >= 4 is 11.9 Å². The van der Waals surface area contributed by atoms with Crippen LogP contribution in [0, 0.1) is 0 Å². The predicted molar refractivity (Wildman–Crippen MR) is 141 cm³/mol. The van der Waals surface area contributed by atoms with Crippen molar-refractivity contribution in [2.75, 3.05) is 13.2 Å². The molecule has 1 saturated heterocycles. The number of halogens is 3. The van der Waals surface area contributed by atoms with Crippen LogP contribution in [0.3, 0.4) is 0 Å². The highest BCUT2D eigenvalue weighted by molar-refractivity contribution is 5.98. The zero-order valence-corrected chi connectivity index (χ0v) is 22.6. The number of alkyl halides is 3. The Balaban J connectivity index is 1.56. The number of hydrogen-bond acceptors (Lipinski definition) is 3. The van der Waals surface area contributed by atoms with Crippen LogP contribution in [0.25, 0.3) is 0 Å². The van der Waals surface area contributed by atoms with Crippen LogP contribution in [0.1, 0.15) is 132 Å². The Morgan fingerprint density at radius 2 is 1.35 bits per heavy atom. The summed E-state index contributed by atoms with van der Waals surface area (Å²) < 4.78 is 45.4. The van der Waals surface area contributed by atoms with Gasteiger partial charge in [-0.1, -0.05) is 109 Å². The van der Waals surface area contributed by atoms with E-state index < -0.39 is 35.2 Å². The number of ether oxygens (including phenoxy) is 1. The Labute approximate surface area is 221 Å². The van der Waals surface area contributed by atoms with Gasteiger partial charge in [0.1, 0.15) is 6.04 Å². The lowest BCUT2D eigenvalue weighted by Crippen LogP contribution is -2.42. The highest BCUT2D eigenvalue weighted by Gasteiger charge is 2.40. The van der Waals surface area contributed by atoms with Crippen molar-refractivity contribution in [2.24, 2.45) is 0 Å². The second-order valence-electron chi connectivity index (χ2n) is 10.3. The maximum absolute atomic E-state index is 13.3. The third kappa shape index (κ3) is 11.5. The van der Waals surface area contributed by atoms with Gasteiger partial charge in [-0.05, 0) is 31.4 Å². The van der Waals surface area contributed by atoms with Crippen molar-refractivity contribution in [3.05, 3.63) is 35.4 Å². The van der Waals surface area contributed by atoms with Gasteiger partial charge in [-0.15, -0.1) is 0 Å². The van der Waals surface area contributed by atoms with Gasteiger partial charge in [0.25, 0.3) is 5.91 Å². The van der Waals surface area contributed by atoms with Gasteiger partial charge in [-0.25, -0.2) is 4.79 Å². The van der Waals surface area contributed by atoms with Crippen LogP contribution in [0.2, 0.25) is 0 Å². The lowest BCUT2D eigenvalue weighted by Gasteiger charge is -2.24. The lowest BCUT2D eigenvalue weighted by atomic mass is 10.0. The second kappa shape index (κ2) is 17.5. The van der Waals surface area contributed by atoms with Crippen LogP contribution >= 0.6 is 0 Å². The largest absolute Gasteiger partial charge is 0.464 e. The van der Waals surface area contributed by atoms with Crippen LogP contribution in [0.4, 0.5) is 13.2 Å². The maximum Gasteiger partial charge on any atom is 0.417 e. The number of likely N-dealkylation sites (tertiary alicyclic amines) is 1. The van der Waals surface area contributed by atoms with Gasteiger partial charge in [0.05, 0.1) is 17.7 Å². The van der Waals surface area contributed by atoms with Crippen molar-refractivity contribution in [3.8, 4) is 0 Å². The van der Waals surface area contributed by atoms with Crippen molar-refractivity contribution in [2.45, 2.75) is 128 Å². The van der Waals surface area contributed by atoms with E-state index in [2.05, 4.69) is 6.92 Å². The fraction of sp³-hybridized carbons (Fsp3) is 0.733. The number of unbranched alkanes of at least 4 members (excludes halogenated alkanes) is 14. The summed E-state index contributed by atoms with van der Waals surface area (Å²) in [5.74, 6) is -1.28. The molecular weight excluding hydrogens is 479 g/mol. The summed E-state index contributed by atoms with van der Waals surface area (Å²) in [7, 11) is 0. The molecule has 1 aliphatic heterocycles. The number of amides is 1. The number of nitrogens with zero attached hydrogens (tertiary/aromatic N) is 1. The average molecular weight is 526 g/mol. The molecule has 1 atom stereocenters. The van der Waals surface area contributed by atoms with E-state index in [-0.39, 0.29) is 13.2 Å². The Kier molecular flexibility index (Phi) is 14.7. The molecule has 0 radical (unpaired) electrons. The smallest absolute Gasteiger partial charge is 0.417 e. The Morgan fingerprint density at radius 1 is 0.838 bits per heavy atom. The Bertz CT molecular complexity index is 797. The van der Waals surface area contributed by atoms with E-state index >= 15 is 0 Å². The first kappa shape index (κ1) is 31.2. The molecular formula is C30H46F3NO3. The van der Waals surface area contributed by atoms with Crippen molar-refractivity contribution in [1.29, 1.82) is 0 Å². The molecule has 2 rings (SSSR count). The minimum atomic E-state index is -4.63. The fourth-order valence-corrected chi connectivity index (χ4v) is 5.07. The highest BCUT2D eigenvalue weighted by Crippen LogP contribution is 2.33. The molecule has 0 N–H and O–H groups in total. The second-order valence-corrected chi connectivity index (χ2v) is 10.3. The van der Waals surface area contributed by atoms with Gasteiger partial charge in [0.2, 0.25) is 0 Å². The number of rotatable bonds is 18. The summed E-state index contributed by atoms with van der Waals surface area (Å²) in [5, 5.41) is 0. The maximum atomic E-state index is 13.3. The SMILES string of the molecule is CCCCCCCCCCCCCCCCCOC(=O)C1CCCN1C(=O)c1ccccc1C(F)(F)F. The highest BCUT2D eigenvalue weighted by atomic mass is 19.4. The van der Waals surface area contributed by atoms with E-state index in [9.17, 15) is 22.8 Å². The molecule has 1 aromatic rings. The van der Waals surface area contributed by atoms with E-state index in [0.717, 1.165) is 25.3 Å². The summed E-state index contributed by atoms with van der Waals surface area (Å²) in [5.41, 5.74) is -1.39. The van der Waals surface area contributed by atoms with Gasteiger partial charge in [-0.2, -0.15) is 13.2 Å². The normalized spacial score (nSPS) is 15.8. The van der Waals surface area contributed by atoms with Crippen molar-refractivity contribution < 1.29 is 27.5 Å². The molecule has 1 amide bonds. The van der Waals surface area contributed by atoms with Crippen LogP contribution < -0.4 is 0 Å². The topological polar surface area (TPSA) is 46.6 Å². The molecule has 1 fully saturated rings. The zero-order chi connectivity index (χ0) is 26.9. The molecule has 37 heavy (non-hydrogen) atoms. The quantitative estimate of drug-likeness (QED) is 0.142. The zero-order valence-electron chi connectivity index (χ0n) is 22.6. The minimum Gasteiger partial charge on any atom is -0.464 e. The fourth-order valence-electron chi connectivity index (χ4n) is 5.07. The first-order valence-corrected chi connectivity index (χ1v) is 14.5. The number of carbonyl (C=O) groups excluding carboxylic acids is 2. The number of hydrogen-bond donors (Lipinski definition) is 0. The standard InChI is InChI=1S/C30H46F3NO3/c1-2-3-4-5-6-7-8-9-10-11-12-13-14-15-18-24-37-29(36)27-22-19-23-34(27)28(35)25-20-16-17-21-26(25)30(31,32)33/h16-17,20-21,27H,2-15,18-19,22-24H2,1H3. The summed E-state index contributed by atoms with van der Waals surface area (Å²) in [6.45, 7) is 2.79. The molecule has 1 aromatic carbocycles. The van der Waals surface area contributed by atoms with Crippen molar-refractivity contribution in [1.82, 2.24) is 4.90 Å². The van der Waals surface area contributed by atoms with Gasteiger partial charge in [-0.3, -0.25) is 4.79 Å². The third-order valence-electron chi connectivity index (χ3n) is 7.24. The molecule has 1 aliphatic rings. The van der Waals surface area contributed by atoms with E-state index in [1.807, 2.05) is 0 Å². The van der Waals surface area contributed by atoms with Crippen molar-refractivity contribution in [3.63, 3.8) is 0 Å². The first-order valence-electron chi connectivity index (χ1n) is 14.5. The minimum absolute atomic E-state index is 0.254. The number of benzene rings is 1. The monoisotopic (exact) mass is 525 g/mol. The number of carbonyl (C=O) groups is 2. The molecule has 0 saturated carbocycles. The summed E-state index contributed by atoms with van der Waals surface area (Å²) in [4.78, 5) is 26.7. The van der Waals surface area contributed by atoms with Crippen LogP contribution in [-0.4, -0.2) is 36.0 Å². The van der Waals surface area contributed by atoms with E-state index in [1.165, 1.54) is 100 Å². The van der Waals surface area contributed by atoms with E-state index in [4.69, 9.17) is 4.74 Å². The number of esters is 1. The molecule has 1 unspecified atom stereocenters. The molecule has 1 heterocycles.